The first-order valence-corrected chi connectivity index (χ1v) is 12.2. The molecule has 2 rings (SSSR count). The van der Waals surface area contributed by atoms with Gasteiger partial charge < -0.3 is 9.47 Å². The molecule has 0 N–H and O–H groups in total. The van der Waals surface area contributed by atoms with Crippen molar-refractivity contribution in [2.75, 3.05) is 6.54 Å². The largest absolute Gasteiger partial charge is 0.345 e. The molecular formula is C26H39ClN2O. The molecule has 0 spiro atoms. The average Bonchev–Trinajstić information content (AvgIpc) is 3.16. The molecule has 0 aliphatic heterocycles. The second-order valence-corrected chi connectivity index (χ2v) is 8.73. The van der Waals surface area contributed by atoms with Crippen LogP contribution in [0.3, 0.4) is 0 Å². The van der Waals surface area contributed by atoms with Crippen LogP contribution < -0.4 is 0 Å². The number of amides is 1. The Kier molecular flexibility index (Phi) is 11.7. The number of unbranched alkanes of at least 4 members (excludes halogenated alkanes) is 7. The maximum absolute atomic E-state index is 13.0. The Balaban J connectivity index is 1.95. The summed E-state index contributed by atoms with van der Waals surface area (Å²) in [6.45, 7) is 6.76. The van der Waals surface area contributed by atoms with Gasteiger partial charge in [-0.25, -0.2) is 0 Å². The fraction of sp³-hybridized carbons (Fsp3) is 0.577. The third-order valence-electron chi connectivity index (χ3n) is 5.65. The summed E-state index contributed by atoms with van der Waals surface area (Å²) < 4.78 is 2.23. The van der Waals surface area contributed by atoms with Crippen molar-refractivity contribution in [2.45, 2.75) is 91.1 Å². The lowest BCUT2D eigenvalue weighted by Crippen LogP contribution is -2.32. The van der Waals surface area contributed by atoms with Crippen molar-refractivity contribution in [1.29, 1.82) is 0 Å². The molecule has 0 radical (unpaired) electrons. The van der Waals surface area contributed by atoms with E-state index in [0.717, 1.165) is 31.0 Å². The van der Waals surface area contributed by atoms with Gasteiger partial charge in [-0.15, -0.1) is 0 Å². The molecule has 0 atom stereocenters. The van der Waals surface area contributed by atoms with Crippen molar-refractivity contribution in [1.82, 2.24) is 9.47 Å². The molecule has 1 amide bonds. The minimum Gasteiger partial charge on any atom is -0.345 e. The Morgan fingerprint density at radius 3 is 2.43 bits per heavy atom. The van der Waals surface area contributed by atoms with Crippen LogP contribution in [0, 0.1) is 0 Å². The van der Waals surface area contributed by atoms with Gasteiger partial charge in [-0.05, 0) is 42.7 Å². The van der Waals surface area contributed by atoms with Gasteiger partial charge in [0.15, 0.2) is 0 Å². The van der Waals surface area contributed by atoms with Crippen LogP contribution in [0.5, 0.6) is 0 Å². The summed E-state index contributed by atoms with van der Waals surface area (Å²) in [5, 5.41) is 0.761. The number of carbonyl (C=O) groups excluding carboxylic acids is 1. The predicted octanol–water partition coefficient (Wildman–Crippen LogP) is 7.46. The standard InChI is InChI=1S/C26H39ClN2O/c1-3-5-7-8-9-10-17-26(30)29(18-11-6-4-2)22-25-16-13-19-28(25)21-23-14-12-15-24(27)20-23/h12-16,19-20H,3-11,17-18,21-22H2,1-2H3. The zero-order chi connectivity index (χ0) is 21.6. The fourth-order valence-corrected chi connectivity index (χ4v) is 4.05. The van der Waals surface area contributed by atoms with E-state index < -0.39 is 0 Å². The molecule has 4 heteroatoms. The molecule has 1 aromatic heterocycles. The molecule has 30 heavy (non-hydrogen) atoms. The molecule has 0 fully saturated rings. The molecule has 0 saturated carbocycles. The highest BCUT2D eigenvalue weighted by Crippen LogP contribution is 2.16. The lowest BCUT2D eigenvalue weighted by molar-refractivity contribution is -0.132. The number of nitrogens with zero attached hydrogens (tertiary/aromatic N) is 2. The monoisotopic (exact) mass is 430 g/mol. The molecule has 0 bridgehead atoms. The molecular weight excluding hydrogens is 392 g/mol. The van der Waals surface area contributed by atoms with Crippen molar-refractivity contribution in [3.05, 3.63) is 58.9 Å². The first-order valence-electron chi connectivity index (χ1n) is 11.8. The van der Waals surface area contributed by atoms with E-state index in [1.54, 1.807) is 0 Å². The number of benzene rings is 1. The van der Waals surface area contributed by atoms with Crippen LogP contribution in [0.1, 0.15) is 89.3 Å². The Labute approximate surface area is 188 Å². The van der Waals surface area contributed by atoms with Crippen molar-refractivity contribution < 1.29 is 4.79 Å². The van der Waals surface area contributed by atoms with Crippen LogP contribution in [-0.2, 0) is 17.9 Å². The van der Waals surface area contributed by atoms with E-state index in [1.165, 1.54) is 56.2 Å². The van der Waals surface area contributed by atoms with E-state index in [2.05, 4.69) is 47.7 Å². The minimum absolute atomic E-state index is 0.303. The minimum atomic E-state index is 0.303. The summed E-state index contributed by atoms with van der Waals surface area (Å²) in [7, 11) is 0. The molecule has 1 heterocycles. The van der Waals surface area contributed by atoms with Crippen LogP contribution in [0.15, 0.2) is 42.6 Å². The van der Waals surface area contributed by atoms with Crippen molar-refractivity contribution >= 4 is 17.5 Å². The van der Waals surface area contributed by atoms with Crippen LogP contribution in [-0.4, -0.2) is 21.9 Å². The summed E-state index contributed by atoms with van der Waals surface area (Å²) in [6, 6.07) is 12.2. The van der Waals surface area contributed by atoms with Gasteiger partial charge in [0.2, 0.25) is 5.91 Å². The zero-order valence-corrected chi connectivity index (χ0v) is 19.7. The van der Waals surface area contributed by atoms with Gasteiger partial charge in [0.05, 0.1) is 6.54 Å². The highest BCUT2D eigenvalue weighted by atomic mass is 35.5. The van der Waals surface area contributed by atoms with Gasteiger partial charge in [-0.1, -0.05) is 82.5 Å². The molecule has 1 aromatic carbocycles. The summed E-state index contributed by atoms with van der Waals surface area (Å²) in [6.07, 6.45) is 13.5. The maximum atomic E-state index is 13.0. The van der Waals surface area contributed by atoms with Gasteiger partial charge in [-0.2, -0.15) is 0 Å². The van der Waals surface area contributed by atoms with E-state index in [0.29, 0.717) is 18.9 Å². The smallest absolute Gasteiger partial charge is 0.222 e. The van der Waals surface area contributed by atoms with Crippen LogP contribution in [0.4, 0.5) is 0 Å². The molecule has 0 saturated heterocycles. The third kappa shape index (κ3) is 8.95. The number of halogens is 1. The van der Waals surface area contributed by atoms with E-state index in [9.17, 15) is 4.79 Å². The van der Waals surface area contributed by atoms with E-state index in [-0.39, 0.29) is 0 Å². The average molecular weight is 431 g/mol. The first-order chi connectivity index (χ1) is 14.6. The number of hydrogen-bond donors (Lipinski definition) is 0. The normalized spacial score (nSPS) is 11.0. The Bertz CT molecular complexity index is 740. The number of hydrogen-bond acceptors (Lipinski definition) is 1. The van der Waals surface area contributed by atoms with Crippen molar-refractivity contribution in [3.63, 3.8) is 0 Å². The van der Waals surface area contributed by atoms with Gasteiger partial charge >= 0.3 is 0 Å². The number of rotatable bonds is 15. The van der Waals surface area contributed by atoms with Crippen LogP contribution >= 0.6 is 11.6 Å². The molecule has 2 aromatic rings. The van der Waals surface area contributed by atoms with E-state index >= 15 is 0 Å². The second-order valence-electron chi connectivity index (χ2n) is 8.30. The highest BCUT2D eigenvalue weighted by molar-refractivity contribution is 6.30. The zero-order valence-electron chi connectivity index (χ0n) is 18.9. The summed E-state index contributed by atoms with van der Waals surface area (Å²) >= 11 is 6.15. The molecule has 0 aliphatic rings. The molecule has 3 nitrogen and oxygen atoms in total. The van der Waals surface area contributed by atoms with Crippen LogP contribution in [0.25, 0.3) is 0 Å². The number of aromatic nitrogens is 1. The third-order valence-corrected chi connectivity index (χ3v) is 5.88. The SMILES string of the molecule is CCCCCCCCC(=O)N(CCCCC)Cc1cccn1Cc1cccc(Cl)c1. The molecule has 0 aliphatic carbocycles. The summed E-state index contributed by atoms with van der Waals surface area (Å²) in [4.78, 5) is 15.0. The quantitative estimate of drug-likeness (QED) is 0.269. The first kappa shape index (κ1) is 24.5. The van der Waals surface area contributed by atoms with Gasteiger partial charge in [0.1, 0.15) is 0 Å². The van der Waals surface area contributed by atoms with Crippen LogP contribution in [0.2, 0.25) is 5.02 Å². The van der Waals surface area contributed by atoms with Gasteiger partial charge in [0, 0.05) is 36.4 Å². The Morgan fingerprint density at radius 1 is 0.933 bits per heavy atom. The predicted molar refractivity (Wildman–Crippen MR) is 128 cm³/mol. The summed E-state index contributed by atoms with van der Waals surface area (Å²) in [5.41, 5.74) is 2.36. The summed E-state index contributed by atoms with van der Waals surface area (Å²) in [5.74, 6) is 0.303. The van der Waals surface area contributed by atoms with E-state index in [1.807, 2.05) is 18.2 Å². The molecule has 166 valence electrons. The lowest BCUT2D eigenvalue weighted by atomic mass is 10.1. The Hall–Kier alpha value is -1.74. The Morgan fingerprint density at radius 2 is 1.67 bits per heavy atom. The van der Waals surface area contributed by atoms with Crippen molar-refractivity contribution in [3.8, 4) is 0 Å². The van der Waals surface area contributed by atoms with Gasteiger partial charge in [-0.3, -0.25) is 4.79 Å². The topological polar surface area (TPSA) is 25.2 Å². The lowest BCUT2D eigenvalue weighted by Gasteiger charge is -2.24. The second kappa shape index (κ2) is 14.3. The highest BCUT2D eigenvalue weighted by Gasteiger charge is 2.15. The maximum Gasteiger partial charge on any atom is 0.222 e. The van der Waals surface area contributed by atoms with E-state index in [4.69, 9.17) is 11.6 Å². The van der Waals surface area contributed by atoms with Crippen molar-refractivity contribution in [2.24, 2.45) is 0 Å². The van der Waals surface area contributed by atoms with Gasteiger partial charge in [0.25, 0.3) is 0 Å². The number of carbonyl (C=O) groups is 1. The fourth-order valence-electron chi connectivity index (χ4n) is 3.83. The molecule has 0 unspecified atom stereocenters.